The highest BCUT2D eigenvalue weighted by molar-refractivity contribution is 7.80. The molecule has 5 heteroatoms. The average molecular weight is 277 g/mol. The molecule has 0 atom stereocenters. The second kappa shape index (κ2) is 8.46. The standard InChI is InChI=1S/C14H19N3OS/c1-3-18-10-4-9-16-14(19)17(2)13-7-5-12(11-15)6-8-13/h5-8H,3-4,9-10H2,1-2H3,(H,16,19). The van der Waals surface area contributed by atoms with Crippen molar-refractivity contribution in [2.45, 2.75) is 13.3 Å². The number of rotatable bonds is 6. The van der Waals surface area contributed by atoms with Crippen LogP contribution < -0.4 is 10.2 Å². The Labute approximate surface area is 120 Å². The summed E-state index contributed by atoms with van der Waals surface area (Å²) in [4.78, 5) is 1.89. The molecule has 0 aliphatic heterocycles. The number of anilines is 1. The summed E-state index contributed by atoms with van der Waals surface area (Å²) in [5, 5.41) is 12.6. The Balaban J connectivity index is 2.41. The van der Waals surface area contributed by atoms with Gasteiger partial charge in [-0.25, -0.2) is 0 Å². The van der Waals surface area contributed by atoms with Crippen molar-refractivity contribution < 1.29 is 4.74 Å². The maximum absolute atomic E-state index is 8.75. The van der Waals surface area contributed by atoms with Crippen molar-refractivity contribution in [2.75, 3.05) is 31.7 Å². The van der Waals surface area contributed by atoms with E-state index in [4.69, 9.17) is 22.2 Å². The third-order valence-corrected chi connectivity index (χ3v) is 3.05. The van der Waals surface area contributed by atoms with Crippen LogP contribution in [-0.4, -0.2) is 31.9 Å². The molecular formula is C14H19N3OS. The smallest absolute Gasteiger partial charge is 0.173 e. The first-order valence-corrected chi connectivity index (χ1v) is 6.69. The van der Waals surface area contributed by atoms with Crippen molar-refractivity contribution >= 4 is 23.0 Å². The molecule has 0 amide bonds. The highest BCUT2D eigenvalue weighted by Gasteiger charge is 2.06. The maximum atomic E-state index is 8.75. The van der Waals surface area contributed by atoms with E-state index in [0.717, 1.165) is 31.9 Å². The Morgan fingerprint density at radius 3 is 2.68 bits per heavy atom. The van der Waals surface area contributed by atoms with Gasteiger partial charge in [-0.05, 0) is 49.8 Å². The predicted octanol–water partition coefficient (Wildman–Crippen LogP) is 2.30. The largest absolute Gasteiger partial charge is 0.382 e. The Hall–Kier alpha value is -1.64. The van der Waals surface area contributed by atoms with Gasteiger partial charge >= 0.3 is 0 Å². The van der Waals surface area contributed by atoms with E-state index in [2.05, 4.69) is 11.4 Å². The highest BCUT2D eigenvalue weighted by atomic mass is 32.1. The van der Waals surface area contributed by atoms with Crippen LogP contribution in [0.25, 0.3) is 0 Å². The third kappa shape index (κ3) is 5.25. The molecule has 0 saturated carbocycles. The summed E-state index contributed by atoms with van der Waals surface area (Å²) in [7, 11) is 1.90. The van der Waals surface area contributed by atoms with Crippen LogP contribution >= 0.6 is 12.2 Å². The van der Waals surface area contributed by atoms with Crippen LogP contribution in [0.1, 0.15) is 18.9 Å². The molecule has 0 bridgehead atoms. The molecule has 4 nitrogen and oxygen atoms in total. The molecule has 0 aromatic heterocycles. The summed E-state index contributed by atoms with van der Waals surface area (Å²) in [6.07, 6.45) is 0.926. The Morgan fingerprint density at radius 2 is 2.11 bits per heavy atom. The summed E-state index contributed by atoms with van der Waals surface area (Å²) in [6, 6.07) is 9.42. The van der Waals surface area contributed by atoms with Gasteiger partial charge < -0.3 is 15.0 Å². The Morgan fingerprint density at radius 1 is 1.42 bits per heavy atom. The fraction of sp³-hybridized carbons (Fsp3) is 0.429. The van der Waals surface area contributed by atoms with Crippen LogP contribution in [0.4, 0.5) is 5.69 Å². The second-order valence-corrected chi connectivity index (χ2v) is 4.39. The Bertz CT molecular complexity index is 439. The van der Waals surface area contributed by atoms with E-state index in [1.807, 2.05) is 31.0 Å². The normalized spacial score (nSPS) is 9.74. The third-order valence-electron chi connectivity index (χ3n) is 2.63. The fourth-order valence-corrected chi connectivity index (χ4v) is 1.72. The monoisotopic (exact) mass is 277 g/mol. The van der Waals surface area contributed by atoms with E-state index >= 15 is 0 Å². The summed E-state index contributed by atoms with van der Waals surface area (Å²) >= 11 is 5.31. The van der Waals surface area contributed by atoms with Crippen molar-refractivity contribution in [3.05, 3.63) is 29.8 Å². The molecule has 1 aromatic rings. The lowest BCUT2D eigenvalue weighted by Crippen LogP contribution is -2.37. The number of nitrogens with one attached hydrogen (secondary N) is 1. The van der Waals surface area contributed by atoms with Crippen molar-refractivity contribution in [1.29, 1.82) is 5.26 Å². The Kier molecular flexibility index (Phi) is 6.86. The van der Waals surface area contributed by atoms with Gasteiger partial charge in [0.15, 0.2) is 5.11 Å². The van der Waals surface area contributed by atoms with E-state index in [1.165, 1.54) is 0 Å². The van der Waals surface area contributed by atoms with Gasteiger partial charge in [0.2, 0.25) is 0 Å². The quantitative estimate of drug-likeness (QED) is 0.638. The summed E-state index contributed by atoms with van der Waals surface area (Å²) in [5.74, 6) is 0. The molecule has 0 aliphatic carbocycles. The van der Waals surface area contributed by atoms with Gasteiger partial charge in [0.1, 0.15) is 0 Å². The van der Waals surface area contributed by atoms with Crippen LogP contribution in [0.15, 0.2) is 24.3 Å². The van der Waals surface area contributed by atoms with Crippen LogP contribution in [0.5, 0.6) is 0 Å². The summed E-state index contributed by atoms with van der Waals surface area (Å²) in [6.45, 7) is 4.26. The molecule has 0 spiro atoms. The van der Waals surface area contributed by atoms with Crippen LogP contribution in [-0.2, 0) is 4.74 Å². The minimum atomic E-state index is 0.646. The molecule has 0 saturated heterocycles. The second-order valence-electron chi connectivity index (χ2n) is 4.00. The number of benzene rings is 1. The van der Waals surface area contributed by atoms with E-state index < -0.39 is 0 Å². The van der Waals surface area contributed by atoms with Gasteiger partial charge in [0, 0.05) is 32.5 Å². The van der Waals surface area contributed by atoms with Gasteiger partial charge in [-0.15, -0.1) is 0 Å². The van der Waals surface area contributed by atoms with Crippen molar-refractivity contribution in [3.63, 3.8) is 0 Å². The number of thiocarbonyl (C=S) groups is 1. The first-order valence-electron chi connectivity index (χ1n) is 6.28. The molecule has 1 aromatic carbocycles. The topological polar surface area (TPSA) is 48.3 Å². The van der Waals surface area contributed by atoms with Crippen LogP contribution in [0, 0.1) is 11.3 Å². The molecule has 19 heavy (non-hydrogen) atoms. The minimum absolute atomic E-state index is 0.646. The number of ether oxygens (including phenoxy) is 1. The average Bonchev–Trinajstić information content (AvgIpc) is 2.46. The zero-order chi connectivity index (χ0) is 14.1. The highest BCUT2D eigenvalue weighted by Crippen LogP contribution is 2.13. The van der Waals surface area contributed by atoms with E-state index in [9.17, 15) is 0 Å². The number of nitriles is 1. The van der Waals surface area contributed by atoms with Gasteiger partial charge in [-0.3, -0.25) is 0 Å². The van der Waals surface area contributed by atoms with Gasteiger partial charge in [-0.2, -0.15) is 5.26 Å². The molecule has 0 fully saturated rings. The van der Waals surface area contributed by atoms with Gasteiger partial charge in [0.05, 0.1) is 11.6 Å². The molecule has 0 aliphatic rings. The molecule has 0 heterocycles. The zero-order valence-corrected chi connectivity index (χ0v) is 12.2. The zero-order valence-electron chi connectivity index (χ0n) is 11.3. The maximum Gasteiger partial charge on any atom is 0.173 e. The van der Waals surface area contributed by atoms with E-state index in [-0.39, 0.29) is 0 Å². The van der Waals surface area contributed by atoms with Crippen molar-refractivity contribution in [3.8, 4) is 6.07 Å². The van der Waals surface area contributed by atoms with Crippen LogP contribution in [0.3, 0.4) is 0 Å². The van der Waals surface area contributed by atoms with Crippen molar-refractivity contribution in [2.24, 2.45) is 0 Å². The predicted molar refractivity (Wildman–Crippen MR) is 81.3 cm³/mol. The summed E-state index contributed by atoms with van der Waals surface area (Å²) in [5.41, 5.74) is 1.61. The fourth-order valence-electron chi connectivity index (χ4n) is 1.51. The lowest BCUT2D eigenvalue weighted by Gasteiger charge is -2.21. The molecule has 1 rings (SSSR count). The van der Waals surface area contributed by atoms with E-state index in [0.29, 0.717) is 10.7 Å². The van der Waals surface area contributed by atoms with Gasteiger partial charge in [0.25, 0.3) is 0 Å². The molecule has 102 valence electrons. The number of nitrogens with zero attached hydrogens (tertiary/aromatic N) is 2. The van der Waals surface area contributed by atoms with Crippen molar-refractivity contribution in [1.82, 2.24) is 5.32 Å². The summed E-state index contributed by atoms with van der Waals surface area (Å²) < 4.78 is 5.26. The lowest BCUT2D eigenvalue weighted by molar-refractivity contribution is 0.146. The van der Waals surface area contributed by atoms with E-state index in [1.54, 1.807) is 12.1 Å². The lowest BCUT2D eigenvalue weighted by atomic mass is 10.2. The number of hydrogen-bond acceptors (Lipinski definition) is 3. The molecule has 0 radical (unpaired) electrons. The number of hydrogen-bond donors (Lipinski definition) is 1. The minimum Gasteiger partial charge on any atom is -0.382 e. The SMILES string of the molecule is CCOCCCNC(=S)N(C)c1ccc(C#N)cc1. The first-order chi connectivity index (χ1) is 9.19. The van der Waals surface area contributed by atoms with Gasteiger partial charge in [-0.1, -0.05) is 0 Å². The molecule has 1 N–H and O–H groups in total. The van der Waals surface area contributed by atoms with Crippen LogP contribution in [0.2, 0.25) is 0 Å². The first kappa shape index (κ1) is 15.4. The molecule has 0 unspecified atom stereocenters. The molecular weight excluding hydrogens is 258 g/mol.